The van der Waals surface area contributed by atoms with Gasteiger partial charge < -0.3 is 9.64 Å². The number of carbonyl (C=O) groups excluding carboxylic acids is 1. The molecule has 4 nitrogen and oxygen atoms in total. The summed E-state index contributed by atoms with van der Waals surface area (Å²) < 4.78 is 5.53. The molecule has 1 atom stereocenters. The molecule has 2 aliphatic rings. The van der Waals surface area contributed by atoms with Crippen molar-refractivity contribution in [3.8, 4) is 5.75 Å². The van der Waals surface area contributed by atoms with Gasteiger partial charge in [-0.25, -0.2) is 0 Å². The first-order valence-electron chi connectivity index (χ1n) is 9.42. The molecule has 2 fully saturated rings. The van der Waals surface area contributed by atoms with Crippen LogP contribution in [0.3, 0.4) is 0 Å². The van der Waals surface area contributed by atoms with Gasteiger partial charge in [0.25, 0.3) is 0 Å². The average molecular weight is 330 g/mol. The van der Waals surface area contributed by atoms with Crippen LogP contribution in [0.15, 0.2) is 24.3 Å². The van der Waals surface area contributed by atoms with Crippen LogP contribution in [-0.2, 0) is 4.79 Å². The highest BCUT2D eigenvalue weighted by Gasteiger charge is 2.29. The smallest absolute Gasteiger partial charge is 0.236 e. The van der Waals surface area contributed by atoms with Crippen molar-refractivity contribution < 1.29 is 9.53 Å². The lowest BCUT2D eigenvalue weighted by molar-refractivity contribution is -0.134. The topological polar surface area (TPSA) is 32.8 Å². The SMILES string of the molecule is CCOc1ccc(C2CCCN2CC(=O)N2CCC(C)CC2)cc1. The minimum Gasteiger partial charge on any atom is -0.494 e. The lowest BCUT2D eigenvalue weighted by atomic mass is 9.99. The predicted molar refractivity (Wildman–Crippen MR) is 96.1 cm³/mol. The molecular weight excluding hydrogens is 300 g/mol. The van der Waals surface area contributed by atoms with Crippen molar-refractivity contribution in [2.24, 2.45) is 5.92 Å². The maximum absolute atomic E-state index is 12.6. The molecule has 0 bridgehead atoms. The lowest BCUT2D eigenvalue weighted by Gasteiger charge is -2.33. The maximum Gasteiger partial charge on any atom is 0.236 e. The number of amides is 1. The Morgan fingerprint density at radius 1 is 1.12 bits per heavy atom. The van der Waals surface area contributed by atoms with E-state index in [9.17, 15) is 4.79 Å². The van der Waals surface area contributed by atoms with Crippen molar-refractivity contribution in [2.75, 3.05) is 32.8 Å². The van der Waals surface area contributed by atoms with Gasteiger partial charge in [-0.05, 0) is 62.8 Å². The maximum atomic E-state index is 12.6. The van der Waals surface area contributed by atoms with Gasteiger partial charge in [0.05, 0.1) is 13.2 Å². The summed E-state index contributed by atoms with van der Waals surface area (Å²) in [6.07, 6.45) is 4.60. The van der Waals surface area contributed by atoms with Crippen molar-refractivity contribution in [1.29, 1.82) is 0 Å². The van der Waals surface area contributed by atoms with Crippen LogP contribution < -0.4 is 4.74 Å². The molecule has 1 aromatic rings. The van der Waals surface area contributed by atoms with Crippen LogP contribution >= 0.6 is 0 Å². The Bertz CT molecular complexity index is 535. The van der Waals surface area contributed by atoms with Crippen molar-refractivity contribution in [3.63, 3.8) is 0 Å². The highest BCUT2D eigenvalue weighted by atomic mass is 16.5. The molecule has 3 rings (SSSR count). The molecule has 0 aromatic heterocycles. The summed E-state index contributed by atoms with van der Waals surface area (Å²) in [6.45, 7) is 8.42. The van der Waals surface area contributed by atoms with Crippen LogP contribution in [0.2, 0.25) is 0 Å². The van der Waals surface area contributed by atoms with E-state index in [1.165, 1.54) is 12.0 Å². The van der Waals surface area contributed by atoms with Crippen LogP contribution in [0.5, 0.6) is 5.75 Å². The first-order valence-corrected chi connectivity index (χ1v) is 9.42. The summed E-state index contributed by atoms with van der Waals surface area (Å²) in [5, 5.41) is 0. The van der Waals surface area contributed by atoms with Crippen LogP contribution in [0, 0.1) is 5.92 Å². The van der Waals surface area contributed by atoms with Gasteiger partial charge in [0.15, 0.2) is 0 Å². The molecule has 4 heteroatoms. The monoisotopic (exact) mass is 330 g/mol. The number of hydrogen-bond acceptors (Lipinski definition) is 3. The Balaban J connectivity index is 1.59. The largest absolute Gasteiger partial charge is 0.494 e. The first kappa shape index (κ1) is 17.3. The molecule has 0 N–H and O–H groups in total. The molecule has 2 aliphatic heterocycles. The van der Waals surface area contributed by atoms with Crippen LogP contribution in [0.1, 0.15) is 51.1 Å². The number of piperidine rings is 1. The minimum absolute atomic E-state index is 0.305. The molecule has 24 heavy (non-hydrogen) atoms. The van der Waals surface area contributed by atoms with E-state index in [0.717, 1.165) is 50.6 Å². The summed E-state index contributed by atoms with van der Waals surface area (Å²) in [4.78, 5) is 17.1. The number of hydrogen-bond donors (Lipinski definition) is 0. The minimum atomic E-state index is 0.305. The summed E-state index contributed by atoms with van der Waals surface area (Å²) in [6, 6.07) is 8.77. The van der Waals surface area contributed by atoms with E-state index in [-0.39, 0.29) is 0 Å². The van der Waals surface area contributed by atoms with Gasteiger partial charge in [-0.3, -0.25) is 9.69 Å². The fourth-order valence-corrected chi connectivity index (χ4v) is 3.88. The third kappa shape index (κ3) is 4.10. The number of rotatable bonds is 5. The zero-order chi connectivity index (χ0) is 16.9. The summed E-state index contributed by atoms with van der Waals surface area (Å²) in [5.41, 5.74) is 1.30. The zero-order valence-corrected chi connectivity index (χ0v) is 15.0. The third-order valence-corrected chi connectivity index (χ3v) is 5.41. The van der Waals surface area contributed by atoms with Gasteiger partial charge in [-0.1, -0.05) is 19.1 Å². The van der Waals surface area contributed by atoms with Gasteiger partial charge in [-0.2, -0.15) is 0 Å². The van der Waals surface area contributed by atoms with Gasteiger partial charge in [0, 0.05) is 19.1 Å². The fourth-order valence-electron chi connectivity index (χ4n) is 3.88. The van der Waals surface area contributed by atoms with Gasteiger partial charge in [-0.15, -0.1) is 0 Å². The molecule has 2 saturated heterocycles. The van der Waals surface area contributed by atoms with Crippen molar-refractivity contribution in [3.05, 3.63) is 29.8 Å². The van der Waals surface area contributed by atoms with E-state index in [1.807, 2.05) is 19.1 Å². The van der Waals surface area contributed by atoms with Crippen LogP contribution in [-0.4, -0.2) is 48.5 Å². The lowest BCUT2D eigenvalue weighted by Crippen LogP contribution is -2.43. The second-order valence-electron chi connectivity index (χ2n) is 7.19. The van der Waals surface area contributed by atoms with Crippen LogP contribution in [0.25, 0.3) is 0 Å². The number of benzene rings is 1. The number of likely N-dealkylation sites (tertiary alicyclic amines) is 2. The Hall–Kier alpha value is -1.55. The van der Waals surface area contributed by atoms with E-state index in [4.69, 9.17) is 4.74 Å². The first-order chi connectivity index (χ1) is 11.7. The molecule has 1 aromatic carbocycles. The Morgan fingerprint density at radius 2 is 1.83 bits per heavy atom. The summed E-state index contributed by atoms with van der Waals surface area (Å²) in [7, 11) is 0. The highest BCUT2D eigenvalue weighted by molar-refractivity contribution is 5.78. The molecule has 0 radical (unpaired) electrons. The quantitative estimate of drug-likeness (QED) is 0.828. The second-order valence-corrected chi connectivity index (χ2v) is 7.19. The molecular formula is C20H30N2O2. The van der Waals surface area contributed by atoms with Gasteiger partial charge in [0.2, 0.25) is 5.91 Å². The van der Waals surface area contributed by atoms with E-state index in [0.29, 0.717) is 25.1 Å². The molecule has 1 amide bonds. The highest BCUT2D eigenvalue weighted by Crippen LogP contribution is 2.32. The Morgan fingerprint density at radius 3 is 2.50 bits per heavy atom. The predicted octanol–water partition coefficient (Wildman–Crippen LogP) is 3.48. The Labute approximate surface area is 145 Å². The standard InChI is InChI=1S/C20H30N2O2/c1-3-24-18-8-6-17(7-9-18)19-5-4-12-22(19)15-20(23)21-13-10-16(2)11-14-21/h6-9,16,19H,3-5,10-15H2,1-2H3. The third-order valence-electron chi connectivity index (χ3n) is 5.41. The molecule has 0 spiro atoms. The zero-order valence-electron chi connectivity index (χ0n) is 15.0. The normalized spacial score (nSPS) is 22.8. The molecule has 1 unspecified atom stereocenters. The van der Waals surface area contributed by atoms with E-state index in [1.54, 1.807) is 0 Å². The Kier molecular flexibility index (Phi) is 5.77. The van der Waals surface area contributed by atoms with Crippen molar-refractivity contribution in [2.45, 2.75) is 45.6 Å². The van der Waals surface area contributed by atoms with Crippen molar-refractivity contribution >= 4 is 5.91 Å². The summed E-state index contributed by atoms with van der Waals surface area (Å²) >= 11 is 0. The second kappa shape index (κ2) is 8.02. The number of nitrogens with zero attached hydrogens (tertiary/aromatic N) is 2. The van der Waals surface area contributed by atoms with E-state index >= 15 is 0 Å². The number of ether oxygens (including phenoxy) is 1. The molecule has 0 aliphatic carbocycles. The van der Waals surface area contributed by atoms with Gasteiger partial charge in [0.1, 0.15) is 5.75 Å². The van der Waals surface area contributed by atoms with E-state index in [2.05, 4.69) is 28.9 Å². The average Bonchev–Trinajstić information content (AvgIpc) is 3.04. The number of carbonyl (C=O) groups is 1. The molecule has 132 valence electrons. The van der Waals surface area contributed by atoms with E-state index < -0.39 is 0 Å². The van der Waals surface area contributed by atoms with Crippen molar-refractivity contribution in [1.82, 2.24) is 9.80 Å². The van der Waals surface area contributed by atoms with Crippen LogP contribution in [0.4, 0.5) is 0 Å². The molecule has 2 heterocycles. The fraction of sp³-hybridized carbons (Fsp3) is 0.650. The van der Waals surface area contributed by atoms with Gasteiger partial charge >= 0.3 is 0 Å². The molecule has 0 saturated carbocycles. The summed E-state index contributed by atoms with van der Waals surface area (Å²) in [5.74, 6) is 1.99.